The van der Waals surface area contributed by atoms with E-state index in [1.165, 1.54) is 16.7 Å². The largest absolute Gasteiger partial charge is 0.342 e. The van der Waals surface area contributed by atoms with Crippen molar-refractivity contribution in [2.75, 3.05) is 20.1 Å². The molecule has 0 spiro atoms. The van der Waals surface area contributed by atoms with Crippen LogP contribution in [-0.2, 0) is 10.2 Å². The first kappa shape index (κ1) is 17.3. The number of aryl methyl sites for hydroxylation is 2. The van der Waals surface area contributed by atoms with Gasteiger partial charge in [0, 0.05) is 19.1 Å². The summed E-state index contributed by atoms with van der Waals surface area (Å²) < 4.78 is 0. The standard InChI is InChI=1S/C18H26N2O.ClH/c1-13-10-14(2)12-15(11-13)18(6-7-18)17(21)20-8-4-16(19-3)5-9-20;/h10-12,16,19H,4-9H2,1-3H3;1H. The molecule has 0 radical (unpaired) electrons. The van der Waals surface area contributed by atoms with E-state index >= 15 is 0 Å². The summed E-state index contributed by atoms with van der Waals surface area (Å²) in [4.78, 5) is 15.1. The van der Waals surface area contributed by atoms with Crippen molar-refractivity contribution in [3.05, 3.63) is 34.9 Å². The molecule has 2 fully saturated rings. The zero-order chi connectivity index (χ0) is 15.0. The van der Waals surface area contributed by atoms with Gasteiger partial charge in [-0.2, -0.15) is 0 Å². The average molecular weight is 323 g/mol. The first-order valence-electron chi connectivity index (χ1n) is 8.10. The molecule has 3 nitrogen and oxygen atoms in total. The number of hydrogen-bond donors (Lipinski definition) is 1. The Hall–Kier alpha value is -1.06. The van der Waals surface area contributed by atoms with Gasteiger partial charge in [0.1, 0.15) is 0 Å². The van der Waals surface area contributed by atoms with Crippen molar-refractivity contribution in [1.82, 2.24) is 10.2 Å². The molecule has 4 heteroatoms. The first-order chi connectivity index (χ1) is 10.0. The summed E-state index contributed by atoms with van der Waals surface area (Å²) in [6, 6.07) is 7.17. The minimum absolute atomic E-state index is 0. The minimum Gasteiger partial charge on any atom is -0.342 e. The van der Waals surface area contributed by atoms with Gasteiger partial charge in [0.2, 0.25) is 5.91 Å². The number of amides is 1. The van der Waals surface area contributed by atoms with Gasteiger partial charge in [-0.05, 0) is 52.1 Å². The molecule has 2 aliphatic rings. The third-order valence-corrected chi connectivity index (χ3v) is 5.12. The van der Waals surface area contributed by atoms with Crippen molar-refractivity contribution < 1.29 is 4.79 Å². The Bertz CT molecular complexity index is 526. The Labute approximate surface area is 139 Å². The van der Waals surface area contributed by atoms with Crippen LogP contribution in [0.3, 0.4) is 0 Å². The monoisotopic (exact) mass is 322 g/mol. The van der Waals surface area contributed by atoms with E-state index in [1.54, 1.807) is 0 Å². The van der Waals surface area contributed by atoms with E-state index in [-0.39, 0.29) is 17.8 Å². The number of carbonyl (C=O) groups is 1. The van der Waals surface area contributed by atoms with E-state index in [2.05, 4.69) is 42.3 Å². The lowest BCUT2D eigenvalue weighted by Gasteiger charge is -2.34. The number of nitrogens with one attached hydrogen (secondary N) is 1. The van der Waals surface area contributed by atoms with Crippen LogP contribution in [0.25, 0.3) is 0 Å². The van der Waals surface area contributed by atoms with Gasteiger partial charge in [0.05, 0.1) is 5.41 Å². The van der Waals surface area contributed by atoms with Crippen molar-refractivity contribution in [3.63, 3.8) is 0 Å². The zero-order valence-corrected chi connectivity index (χ0v) is 14.6. The molecule has 0 unspecified atom stereocenters. The van der Waals surface area contributed by atoms with Crippen LogP contribution in [0.5, 0.6) is 0 Å². The van der Waals surface area contributed by atoms with E-state index in [1.807, 2.05) is 7.05 Å². The van der Waals surface area contributed by atoms with Gasteiger partial charge in [-0.25, -0.2) is 0 Å². The number of rotatable bonds is 3. The molecule has 1 aliphatic heterocycles. The van der Waals surface area contributed by atoms with E-state index in [9.17, 15) is 4.79 Å². The number of hydrogen-bond acceptors (Lipinski definition) is 2. The zero-order valence-electron chi connectivity index (χ0n) is 13.8. The van der Waals surface area contributed by atoms with Crippen molar-refractivity contribution in [2.24, 2.45) is 0 Å². The molecular weight excluding hydrogens is 296 g/mol. The number of nitrogens with zero attached hydrogens (tertiary/aromatic N) is 1. The third-order valence-electron chi connectivity index (χ3n) is 5.12. The second kappa shape index (κ2) is 6.59. The maximum Gasteiger partial charge on any atom is 0.233 e. The summed E-state index contributed by atoms with van der Waals surface area (Å²) >= 11 is 0. The predicted octanol–water partition coefficient (Wildman–Crippen LogP) is 2.97. The fourth-order valence-corrected chi connectivity index (χ4v) is 3.68. The van der Waals surface area contributed by atoms with Gasteiger partial charge in [-0.1, -0.05) is 29.3 Å². The molecule has 1 aromatic carbocycles. The van der Waals surface area contributed by atoms with E-state index < -0.39 is 0 Å². The molecule has 122 valence electrons. The normalized spacial score (nSPS) is 20.4. The average Bonchev–Trinajstić information content (AvgIpc) is 3.27. The summed E-state index contributed by atoms with van der Waals surface area (Å²) in [6.07, 6.45) is 4.18. The minimum atomic E-state index is -0.205. The van der Waals surface area contributed by atoms with Crippen LogP contribution in [-0.4, -0.2) is 37.0 Å². The van der Waals surface area contributed by atoms with Crippen molar-refractivity contribution >= 4 is 18.3 Å². The van der Waals surface area contributed by atoms with Gasteiger partial charge in [0.25, 0.3) is 0 Å². The lowest BCUT2D eigenvalue weighted by molar-refractivity contribution is -0.135. The lowest BCUT2D eigenvalue weighted by atomic mass is 9.90. The molecule has 3 rings (SSSR count). The topological polar surface area (TPSA) is 32.3 Å². The molecule has 1 saturated carbocycles. The Morgan fingerprint density at radius 1 is 1.14 bits per heavy atom. The van der Waals surface area contributed by atoms with Gasteiger partial charge in [-0.3, -0.25) is 4.79 Å². The fourth-order valence-electron chi connectivity index (χ4n) is 3.68. The predicted molar refractivity (Wildman–Crippen MR) is 92.7 cm³/mol. The SMILES string of the molecule is CNC1CCN(C(=O)C2(c3cc(C)cc(C)c3)CC2)CC1.Cl. The molecule has 1 aromatic rings. The Morgan fingerprint density at radius 2 is 1.68 bits per heavy atom. The highest BCUT2D eigenvalue weighted by molar-refractivity contribution is 5.91. The van der Waals surface area contributed by atoms with Gasteiger partial charge < -0.3 is 10.2 Å². The lowest BCUT2D eigenvalue weighted by Crippen LogP contribution is -2.47. The van der Waals surface area contributed by atoms with Crippen LogP contribution < -0.4 is 5.32 Å². The number of benzene rings is 1. The van der Waals surface area contributed by atoms with Gasteiger partial charge in [-0.15, -0.1) is 12.4 Å². The van der Waals surface area contributed by atoms with Crippen molar-refractivity contribution in [3.8, 4) is 0 Å². The summed E-state index contributed by atoms with van der Waals surface area (Å²) in [5, 5.41) is 3.33. The van der Waals surface area contributed by atoms with Gasteiger partial charge in [0.15, 0.2) is 0 Å². The molecule has 1 amide bonds. The van der Waals surface area contributed by atoms with E-state index in [4.69, 9.17) is 0 Å². The molecule has 0 bridgehead atoms. The van der Waals surface area contributed by atoms with Crippen LogP contribution in [0.2, 0.25) is 0 Å². The smallest absolute Gasteiger partial charge is 0.233 e. The highest BCUT2D eigenvalue weighted by atomic mass is 35.5. The second-order valence-electron chi connectivity index (χ2n) is 6.81. The number of piperidine rings is 1. The Kier molecular flexibility index (Phi) is 5.18. The summed E-state index contributed by atoms with van der Waals surface area (Å²) in [5.74, 6) is 0.363. The first-order valence-corrected chi connectivity index (χ1v) is 8.10. The van der Waals surface area contributed by atoms with Crippen LogP contribution >= 0.6 is 12.4 Å². The number of halogens is 1. The summed E-state index contributed by atoms with van der Waals surface area (Å²) in [6.45, 7) is 6.04. The highest BCUT2D eigenvalue weighted by Crippen LogP contribution is 2.50. The van der Waals surface area contributed by atoms with E-state index in [0.29, 0.717) is 11.9 Å². The van der Waals surface area contributed by atoms with Crippen LogP contribution in [0.1, 0.15) is 42.4 Å². The van der Waals surface area contributed by atoms with Crippen LogP contribution in [0.4, 0.5) is 0 Å². The van der Waals surface area contributed by atoms with Crippen molar-refractivity contribution in [1.29, 1.82) is 0 Å². The quantitative estimate of drug-likeness (QED) is 0.928. The molecule has 1 heterocycles. The molecule has 0 aromatic heterocycles. The maximum atomic E-state index is 13.0. The van der Waals surface area contributed by atoms with Crippen molar-refractivity contribution in [2.45, 2.75) is 51.0 Å². The van der Waals surface area contributed by atoms with Crippen LogP contribution in [0, 0.1) is 13.8 Å². The summed E-state index contributed by atoms with van der Waals surface area (Å²) in [7, 11) is 2.01. The molecule has 22 heavy (non-hydrogen) atoms. The Balaban J connectivity index is 0.00000176. The Morgan fingerprint density at radius 3 is 2.14 bits per heavy atom. The molecule has 1 saturated heterocycles. The molecule has 0 atom stereocenters. The highest BCUT2D eigenvalue weighted by Gasteiger charge is 2.53. The number of likely N-dealkylation sites (tertiary alicyclic amines) is 1. The molecular formula is C18H27ClN2O. The number of carbonyl (C=O) groups excluding carboxylic acids is 1. The van der Waals surface area contributed by atoms with E-state index in [0.717, 1.165) is 38.8 Å². The summed E-state index contributed by atoms with van der Waals surface area (Å²) in [5.41, 5.74) is 3.56. The van der Waals surface area contributed by atoms with Crippen LogP contribution in [0.15, 0.2) is 18.2 Å². The molecule has 1 aliphatic carbocycles. The third kappa shape index (κ3) is 3.16. The maximum absolute atomic E-state index is 13.0. The molecule has 1 N–H and O–H groups in total. The fraction of sp³-hybridized carbons (Fsp3) is 0.611. The van der Waals surface area contributed by atoms with Gasteiger partial charge >= 0.3 is 0 Å². The second-order valence-corrected chi connectivity index (χ2v) is 6.81.